The molecule has 0 aliphatic rings. The van der Waals surface area contributed by atoms with Gasteiger partial charge < -0.3 is 20.4 Å². The number of amides is 2. The van der Waals surface area contributed by atoms with Crippen LogP contribution in [0.15, 0.2) is 43.5 Å². The van der Waals surface area contributed by atoms with Crippen LogP contribution in [-0.4, -0.2) is 40.2 Å². The van der Waals surface area contributed by atoms with Crippen LogP contribution in [0.5, 0.6) is 5.75 Å². The van der Waals surface area contributed by atoms with Crippen molar-refractivity contribution in [3.05, 3.63) is 49.1 Å². The maximum atomic E-state index is 11.9. The fourth-order valence-electron chi connectivity index (χ4n) is 1.54. The minimum absolute atomic E-state index is 0.225. The van der Waals surface area contributed by atoms with Gasteiger partial charge in [-0.15, -0.1) is 13.2 Å². The van der Waals surface area contributed by atoms with Gasteiger partial charge >= 0.3 is 12.0 Å². The molecule has 1 rings (SSSR count). The number of aromatic hydroxyl groups is 1. The second-order valence-corrected chi connectivity index (χ2v) is 3.95. The number of phenols is 1. The van der Waals surface area contributed by atoms with Crippen LogP contribution in [0.25, 0.3) is 0 Å². The molecule has 2 amide bonds. The Morgan fingerprint density at radius 1 is 1.25 bits per heavy atom. The smallest absolute Gasteiger partial charge is 0.339 e. The van der Waals surface area contributed by atoms with Crippen LogP contribution >= 0.6 is 0 Å². The molecule has 0 saturated carbocycles. The second kappa shape index (κ2) is 6.98. The molecule has 0 heterocycles. The third kappa shape index (κ3) is 3.88. The van der Waals surface area contributed by atoms with Crippen molar-refractivity contribution in [3.63, 3.8) is 0 Å². The van der Waals surface area contributed by atoms with Gasteiger partial charge in [0.2, 0.25) is 0 Å². The summed E-state index contributed by atoms with van der Waals surface area (Å²) in [5.74, 6) is -1.64. The van der Waals surface area contributed by atoms with Gasteiger partial charge in [0.25, 0.3) is 0 Å². The molecule has 20 heavy (non-hydrogen) atoms. The van der Waals surface area contributed by atoms with E-state index in [0.717, 1.165) is 0 Å². The summed E-state index contributed by atoms with van der Waals surface area (Å²) in [6, 6.07) is 3.41. The largest absolute Gasteiger partial charge is 0.507 e. The van der Waals surface area contributed by atoms with E-state index in [1.165, 1.54) is 23.1 Å². The molecule has 1 aromatic carbocycles. The summed E-state index contributed by atoms with van der Waals surface area (Å²) in [7, 11) is 0. The van der Waals surface area contributed by atoms with Gasteiger partial charge in [0.15, 0.2) is 0 Å². The number of hydrogen-bond donors (Lipinski definition) is 3. The molecule has 0 aliphatic heterocycles. The fourth-order valence-corrected chi connectivity index (χ4v) is 1.54. The molecule has 0 aromatic heterocycles. The molecule has 0 radical (unpaired) electrons. The number of urea groups is 1. The monoisotopic (exact) mass is 276 g/mol. The number of anilines is 1. The van der Waals surface area contributed by atoms with E-state index in [9.17, 15) is 14.7 Å². The summed E-state index contributed by atoms with van der Waals surface area (Å²) in [6.45, 7) is 7.80. The number of hydrogen-bond acceptors (Lipinski definition) is 3. The highest BCUT2D eigenvalue weighted by molar-refractivity contribution is 5.94. The van der Waals surface area contributed by atoms with E-state index in [2.05, 4.69) is 18.5 Å². The number of carboxylic acids is 1. The second-order valence-electron chi connectivity index (χ2n) is 3.95. The molecule has 0 fully saturated rings. The highest BCUT2D eigenvalue weighted by Crippen LogP contribution is 2.22. The van der Waals surface area contributed by atoms with Crippen molar-refractivity contribution < 1.29 is 19.8 Å². The highest BCUT2D eigenvalue weighted by Gasteiger charge is 2.13. The van der Waals surface area contributed by atoms with E-state index in [1.807, 2.05) is 0 Å². The van der Waals surface area contributed by atoms with E-state index in [0.29, 0.717) is 18.8 Å². The molecule has 0 bridgehead atoms. The lowest BCUT2D eigenvalue weighted by atomic mass is 10.2. The SMILES string of the molecule is C=CCN(CC=C)C(=O)Nc1ccc(C(=O)O)c(O)c1. The normalized spacial score (nSPS) is 9.60. The molecule has 0 spiro atoms. The van der Waals surface area contributed by atoms with Gasteiger partial charge in [-0.25, -0.2) is 9.59 Å². The van der Waals surface area contributed by atoms with Crippen molar-refractivity contribution in [3.8, 4) is 5.75 Å². The number of carbonyl (C=O) groups excluding carboxylic acids is 1. The van der Waals surface area contributed by atoms with Crippen LogP contribution in [-0.2, 0) is 0 Å². The minimum Gasteiger partial charge on any atom is -0.507 e. The Morgan fingerprint density at radius 2 is 1.85 bits per heavy atom. The summed E-state index contributed by atoms with van der Waals surface area (Å²) in [4.78, 5) is 24.1. The van der Waals surface area contributed by atoms with Gasteiger partial charge in [0.1, 0.15) is 11.3 Å². The van der Waals surface area contributed by atoms with Crippen molar-refractivity contribution >= 4 is 17.7 Å². The van der Waals surface area contributed by atoms with E-state index < -0.39 is 17.7 Å². The van der Waals surface area contributed by atoms with Crippen molar-refractivity contribution in [1.82, 2.24) is 4.90 Å². The Labute approximate surface area is 116 Å². The molecular weight excluding hydrogens is 260 g/mol. The van der Waals surface area contributed by atoms with E-state index >= 15 is 0 Å². The Hall–Kier alpha value is -2.76. The Kier molecular flexibility index (Phi) is 5.34. The summed E-state index contributed by atoms with van der Waals surface area (Å²) in [5, 5.41) is 20.9. The zero-order chi connectivity index (χ0) is 15.1. The lowest BCUT2D eigenvalue weighted by molar-refractivity contribution is 0.0694. The zero-order valence-electron chi connectivity index (χ0n) is 10.9. The number of carboxylic acid groups (broad SMARTS) is 1. The molecule has 3 N–H and O–H groups in total. The summed E-state index contributed by atoms with van der Waals surface area (Å²) < 4.78 is 0. The molecule has 6 heteroatoms. The third-order valence-corrected chi connectivity index (χ3v) is 2.47. The van der Waals surface area contributed by atoms with Gasteiger partial charge in [-0.05, 0) is 12.1 Å². The quantitative estimate of drug-likeness (QED) is 0.695. The number of benzene rings is 1. The van der Waals surface area contributed by atoms with Crippen molar-refractivity contribution in [1.29, 1.82) is 0 Å². The highest BCUT2D eigenvalue weighted by atomic mass is 16.4. The predicted molar refractivity (Wildman–Crippen MR) is 76.1 cm³/mol. The lowest BCUT2D eigenvalue weighted by Gasteiger charge is -2.20. The first-order chi connectivity index (χ1) is 9.49. The number of nitrogens with zero attached hydrogens (tertiary/aromatic N) is 1. The van der Waals surface area contributed by atoms with Crippen LogP contribution in [0.3, 0.4) is 0 Å². The van der Waals surface area contributed by atoms with Crippen molar-refractivity contribution in [2.45, 2.75) is 0 Å². The molecule has 0 saturated heterocycles. The van der Waals surface area contributed by atoms with E-state index in [1.54, 1.807) is 12.2 Å². The molecule has 0 atom stereocenters. The van der Waals surface area contributed by atoms with Crippen molar-refractivity contribution in [2.75, 3.05) is 18.4 Å². The Morgan fingerprint density at radius 3 is 2.30 bits per heavy atom. The van der Waals surface area contributed by atoms with Crippen molar-refractivity contribution in [2.24, 2.45) is 0 Å². The first-order valence-corrected chi connectivity index (χ1v) is 5.83. The molecular formula is C14H16N2O4. The first kappa shape index (κ1) is 15.3. The van der Waals surface area contributed by atoms with Gasteiger partial charge in [-0.1, -0.05) is 12.2 Å². The third-order valence-electron chi connectivity index (χ3n) is 2.47. The van der Waals surface area contributed by atoms with Gasteiger partial charge in [0.05, 0.1) is 0 Å². The minimum atomic E-state index is -1.24. The van der Waals surface area contributed by atoms with Gasteiger partial charge in [0, 0.05) is 24.8 Å². The van der Waals surface area contributed by atoms with Crippen LogP contribution < -0.4 is 5.32 Å². The van der Waals surface area contributed by atoms with Crippen LogP contribution in [0, 0.1) is 0 Å². The lowest BCUT2D eigenvalue weighted by Crippen LogP contribution is -2.35. The van der Waals surface area contributed by atoms with E-state index in [4.69, 9.17) is 5.11 Å². The number of nitrogens with one attached hydrogen (secondary N) is 1. The summed E-state index contributed by atoms with van der Waals surface area (Å²) >= 11 is 0. The molecule has 1 aromatic rings. The summed E-state index contributed by atoms with van der Waals surface area (Å²) in [5.41, 5.74) is 0.0765. The fraction of sp³-hybridized carbons (Fsp3) is 0.143. The summed E-state index contributed by atoms with van der Waals surface area (Å²) in [6.07, 6.45) is 3.15. The first-order valence-electron chi connectivity index (χ1n) is 5.83. The number of rotatable bonds is 6. The maximum absolute atomic E-state index is 11.9. The van der Waals surface area contributed by atoms with Crippen LogP contribution in [0.1, 0.15) is 10.4 Å². The maximum Gasteiger partial charge on any atom is 0.339 e. The van der Waals surface area contributed by atoms with Gasteiger partial charge in [-0.2, -0.15) is 0 Å². The topological polar surface area (TPSA) is 89.9 Å². The molecule has 0 unspecified atom stereocenters. The number of carbonyl (C=O) groups is 2. The van der Waals surface area contributed by atoms with Crippen LogP contribution in [0.4, 0.5) is 10.5 Å². The number of aromatic carboxylic acids is 1. The molecule has 106 valence electrons. The Balaban J connectivity index is 2.84. The Bertz CT molecular complexity index is 530. The zero-order valence-corrected chi connectivity index (χ0v) is 10.9. The van der Waals surface area contributed by atoms with E-state index in [-0.39, 0.29) is 5.56 Å². The van der Waals surface area contributed by atoms with Gasteiger partial charge in [-0.3, -0.25) is 0 Å². The molecule has 6 nitrogen and oxygen atoms in total. The average Bonchev–Trinajstić information content (AvgIpc) is 2.38. The standard InChI is InChI=1S/C14H16N2O4/c1-3-7-16(8-4-2)14(20)15-10-5-6-11(13(18)19)12(17)9-10/h3-6,9,17H,1-2,7-8H2,(H,15,20)(H,18,19). The predicted octanol–water partition coefficient (Wildman–Crippen LogP) is 2.30. The molecule has 0 aliphatic carbocycles. The van der Waals surface area contributed by atoms with Crippen LogP contribution in [0.2, 0.25) is 0 Å². The average molecular weight is 276 g/mol.